The average Bonchev–Trinajstić information content (AvgIpc) is 2.99. The molecule has 0 bridgehead atoms. The molecule has 1 atom stereocenters. The maximum atomic E-state index is 13.4. The SMILES string of the molecule is CC(C)COC[C@H](O)CN(Cc1cccc(F)c1)Cc1ccco1. The molecule has 2 aromatic rings. The lowest BCUT2D eigenvalue weighted by Crippen LogP contribution is -2.34. The van der Waals surface area contributed by atoms with Gasteiger partial charge >= 0.3 is 0 Å². The number of ether oxygens (including phenoxy) is 1. The maximum Gasteiger partial charge on any atom is 0.123 e. The number of hydrogen-bond donors (Lipinski definition) is 1. The largest absolute Gasteiger partial charge is 0.468 e. The van der Waals surface area contributed by atoms with Crippen LogP contribution in [0.15, 0.2) is 47.1 Å². The van der Waals surface area contributed by atoms with Gasteiger partial charge in [-0.3, -0.25) is 4.90 Å². The van der Waals surface area contributed by atoms with Gasteiger partial charge in [-0.25, -0.2) is 4.39 Å². The van der Waals surface area contributed by atoms with Crippen LogP contribution in [0.2, 0.25) is 0 Å². The molecule has 0 unspecified atom stereocenters. The van der Waals surface area contributed by atoms with Gasteiger partial charge < -0.3 is 14.3 Å². The van der Waals surface area contributed by atoms with Gasteiger partial charge in [0.15, 0.2) is 0 Å². The van der Waals surface area contributed by atoms with E-state index in [0.29, 0.717) is 32.2 Å². The van der Waals surface area contributed by atoms with E-state index in [0.717, 1.165) is 11.3 Å². The second-order valence-electron chi connectivity index (χ2n) is 6.46. The Bertz CT molecular complexity index is 586. The van der Waals surface area contributed by atoms with Crippen molar-refractivity contribution in [2.45, 2.75) is 33.0 Å². The molecule has 0 aliphatic rings. The van der Waals surface area contributed by atoms with Crippen molar-refractivity contribution < 1.29 is 18.7 Å². The minimum absolute atomic E-state index is 0.258. The van der Waals surface area contributed by atoms with E-state index in [1.54, 1.807) is 12.3 Å². The van der Waals surface area contributed by atoms with Gasteiger partial charge in [0.1, 0.15) is 11.6 Å². The van der Waals surface area contributed by atoms with Gasteiger partial charge in [-0.1, -0.05) is 26.0 Å². The summed E-state index contributed by atoms with van der Waals surface area (Å²) in [4.78, 5) is 2.02. The standard InChI is InChI=1S/C19H26FNO3/c1-15(2)13-23-14-18(22)11-21(12-19-7-4-8-24-19)10-16-5-3-6-17(20)9-16/h3-9,15,18,22H,10-14H2,1-2H3/t18-/m1/s1. The quantitative estimate of drug-likeness (QED) is 0.722. The van der Waals surface area contributed by atoms with Gasteiger partial charge in [0.2, 0.25) is 0 Å². The third-order valence-electron chi connectivity index (χ3n) is 3.49. The summed E-state index contributed by atoms with van der Waals surface area (Å²) in [7, 11) is 0. The van der Waals surface area contributed by atoms with Gasteiger partial charge in [0, 0.05) is 19.7 Å². The van der Waals surface area contributed by atoms with Gasteiger partial charge in [-0.15, -0.1) is 0 Å². The Morgan fingerprint density at radius 2 is 2.00 bits per heavy atom. The van der Waals surface area contributed by atoms with Gasteiger partial charge in [-0.05, 0) is 35.7 Å². The molecule has 4 nitrogen and oxygen atoms in total. The van der Waals surface area contributed by atoms with Crippen LogP contribution in [0.3, 0.4) is 0 Å². The molecular formula is C19H26FNO3. The summed E-state index contributed by atoms with van der Waals surface area (Å²) in [6.45, 7) is 6.55. The van der Waals surface area contributed by atoms with Crippen molar-refractivity contribution in [3.63, 3.8) is 0 Å². The zero-order chi connectivity index (χ0) is 17.4. The molecule has 1 N–H and O–H groups in total. The summed E-state index contributed by atoms with van der Waals surface area (Å²) < 4.78 is 24.3. The molecule has 0 spiro atoms. The van der Waals surface area contributed by atoms with Crippen LogP contribution in [0.4, 0.5) is 4.39 Å². The summed E-state index contributed by atoms with van der Waals surface area (Å²) in [5, 5.41) is 10.2. The molecule has 2 rings (SSSR count). The normalized spacial score (nSPS) is 12.9. The van der Waals surface area contributed by atoms with Crippen molar-refractivity contribution in [1.82, 2.24) is 4.90 Å². The number of aliphatic hydroxyl groups excluding tert-OH is 1. The van der Waals surface area contributed by atoms with Crippen LogP contribution in [0, 0.1) is 11.7 Å². The molecule has 132 valence electrons. The number of nitrogens with zero attached hydrogens (tertiary/aromatic N) is 1. The molecule has 1 heterocycles. The second-order valence-corrected chi connectivity index (χ2v) is 6.46. The summed E-state index contributed by atoms with van der Waals surface area (Å²) in [5.41, 5.74) is 0.858. The van der Waals surface area contributed by atoms with Crippen molar-refractivity contribution >= 4 is 0 Å². The van der Waals surface area contributed by atoms with Crippen LogP contribution in [0.5, 0.6) is 0 Å². The topological polar surface area (TPSA) is 45.8 Å². The fourth-order valence-electron chi connectivity index (χ4n) is 2.49. The molecule has 0 saturated carbocycles. The van der Waals surface area contributed by atoms with Crippen molar-refractivity contribution in [2.75, 3.05) is 19.8 Å². The molecule has 0 fully saturated rings. The van der Waals surface area contributed by atoms with Gasteiger partial charge in [-0.2, -0.15) is 0 Å². The number of rotatable bonds is 10. The highest BCUT2D eigenvalue weighted by atomic mass is 19.1. The van der Waals surface area contributed by atoms with Crippen LogP contribution in [0.25, 0.3) is 0 Å². The molecular weight excluding hydrogens is 309 g/mol. The molecule has 1 aromatic carbocycles. The van der Waals surface area contributed by atoms with Crippen molar-refractivity contribution in [1.29, 1.82) is 0 Å². The fourth-order valence-corrected chi connectivity index (χ4v) is 2.49. The summed E-state index contributed by atoms with van der Waals surface area (Å²) >= 11 is 0. The lowest BCUT2D eigenvalue weighted by Gasteiger charge is -2.24. The zero-order valence-corrected chi connectivity index (χ0v) is 14.3. The van der Waals surface area contributed by atoms with E-state index in [1.807, 2.05) is 23.1 Å². The summed E-state index contributed by atoms with van der Waals surface area (Å²) in [6.07, 6.45) is 1.02. The first-order chi connectivity index (χ1) is 11.5. The first-order valence-corrected chi connectivity index (χ1v) is 8.28. The Hall–Kier alpha value is -1.69. The predicted molar refractivity (Wildman–Crippen MR) is 90.9 cm³/mol. The number of hydrogen-bond acceptors (Lipinski definition) is 4. The van der Waals surface area contributed by atoms with E-state index in [1.165, 1.54) is 12.1 Å². The number of aliphatic hydroxyl groups is 1. The van der Waals surface area contributed by atoms with Crippen molar-refractivity contribution in [2.24, 2.45) is 5.92 Å². The van der Waals surface area contributed by atoms with E-state index in [-0.39, 0.29) is 12.4 Å². The van der Waals surface area contributed by atoms with E-state index >= 15 is 0 Å². The molecule has 0 aliphatic carbocycles. The van der Waals surface area contributed by atoms with Crippen LogP contribution in [0.1, 0.15) is 25.2 Å². The lowest BCUT2D eigenvalue weighted by molar-refractivity contribution is 0.00459. The molecule has 0 aliphatic heterocycles. The first-order valence-electron chi connectivity index (χ1n) is 8.28. The Kier molecular flexibility index (Phi) is 7.43. The molecule has 5 heteroatoms. The minimum atomic E-state index is -0.604. The highest BCUT2D eigenvalue weighted by molar-refractivity contribution is 5.16. The Balaban J connectivity index is 1.94. The Labute approximate surface area is 142 Å². The molecule has 0 saturated heterocycles. The predicted octanol–water partition coefficient (Wildman–Crippen LogP) is 3.45. The van der Waals surface area contributed by atoms with Gasteiger partial charge in [0.25, 0.3) is 0 Å². The van der Waals surface area contributed by atoms with Crippen LogP contribution < -0.4 is 0 Å². The van der Waals surface area contributed by atoms with E-state index in [2.05, 4.69) is 13.8 Å². The monoisotopic (exact) mass is 335 g/mol. The Morgan fingerprint density at radius 1 is 1.17 bits per heavy atom. The van der Waals surface area contributed by atoms with Crippen LogP contribution in [-0.4, -0.2) is 35.9 Å². The zero-order valence-electron chi connectivity index (χ0n) is 14.3. The maximum absolute atomic E-state index is 13.4. The van der Waals surface area contributed by atoms with E-state index in [4.69, 9.17) is 9.15 Å². The van der Waals surface area contributed by atoms with Crippen molar-refractivity contribution in [3.05, 3.63) is 59.8 Å². The third kappa shape index (κ3) is 6.83. The third-order valence-corrected chi connectivity index (χ3v) is 3.49. The van der Waals surface area contributed by atoms with Crippen molar-refractivity contribution in [3.8, 4) is 0 Å². The highest BCUT2D eigenvalue weighted by Crippen LogP contribution is 2.12. The van der Waals surface area contributed by atoms with Gasteiger partial charge in [0.05, 0.1) is 25.5 Å². The highest BCUT2D eigenvalue weighted by Gasteiger charge is 2.15. The van der Waals surface area contributed by atoms with Crippen LogP contribution in [-0.2, 0) is 17.8 Å². The summed E-state index contributed by atoms with van der Waals surface area (Å²) in [6, 6.07) is 10.2. The number of furan rings is 1. The second kappa shape index (κ2) is 9.57. The molecule has 1 aromatic heterocycles. The first kappa shape index (κ1) is 18.6. The number of benzene rings is 1. The Morgan fingerprint density at radius 3 is 2.67 bits per heavy atom. The van der Waals surface area contributed by atoms with E-state index in [9.17, 15) is 9.50 Å². The summed E-state index contributed by atoms with van der Waals surface area (Å²) in [5.74, 6) is 0.983. The van der Waals surface area contributed by atoms with Crippen LogP contribution >= 0.6 is 0 Å². The minimum Gasteiger partial charge on any atom is -0.468 e. The molecule has 0 radical (unpaired) electrons. The number of halogens is 1. The smallest absolute Gasteiger partial charge is 0.123 e. The fraction of sp³-hybridized carbons (Fsp3) is 0.474. The average molecular weight is 335 g/mol. The molecule has 0 amide bonds. The molecule has 24 heavy (non-hydrogen) atoms. The van der Waals surface area contributed by atoms with E-state index < -0.39 is 6.10 Å². The lowest BCUT2D eigenvalue weighted by atomic mass is 10.2.